The van der Waals surface area contributed by atoms with Crippen LogP contribution in [0.25, 0.3) is 0 Å². The van der Waals surface area contributed by atoms with Crippen molar-refractivity contribution in [3.8, 4) is 0 Å². The number of rotatable bonds is 6. The predicted octanol–water partition coefficient (Wildman–Crippen LogP) is 3.14. The summed E-state index contributed by atoms with van der Waals surface area (Å²) >= 11 is 0. The molecule has 0 N–H and O–H groups in total. The van der Waals surface area contributed by atoms with Crippen LogP contribution in [-0.2, 0) is 11.3 Å². The van der Waals surface area contributed by atoms with Crippen LogP contribution in [0.2, 0.25) is 0 Å². The number of ether oxygens (including phenoxy) is 1. The molecule has 0 saturated carbocycles. The van der Waals surface area contributed by atoms with Crippen molar-refractivity contribution >= 4 is 17.3 Å². The summed E-state index contributed by atoms with van der Waals surface area (Å²) in [6.07, 6.45) is 4.17. The highest BCUT2D eigenvalue weighted by molar-refractivity contribution is 5.96. The van der Waals surface area contributed by atoms with Crippen LogP contribution >= 0.6 is 0 Å². The normalized spacial score (nSPS) is 14.0. The molecule has 3 rings (SSSR count). The van der Waals surface area contributed by atoms with Crippen molar-refractivity contribution in [3.05, 3.63) is 52.1 Å². The number of imidazole rings is 1. The summed E-state index contributed by atoms with van der Waals surface area (Å²) in [7, 11) is 0. The quantitative estimate of drug-likeness (QED) is 0.443. The molecule has 1 saturated heterocycles. The van der Waals surface area contributed by atoms with Gasteiger partial charge in [0.25, 0.3) is 5.69 Å². The van der Waals surface area contributed by atoms with Crippen LogP contribution < -0.4 is 4.90 Å². The molecule has 1 aromatic carbocycles. The first-order valence-electron chi connectivity index (χ1n) is 7.97. The summed E-state index contributed by atoms with van der Waals surface area (Å²) in [6.45, 7) is -1.80. The lowest BCUT2D eigenvalue weighted by Crippen LogP contribution is -2.21. The summed E-state index contributed by atoms with van der Waals surface area (Å²) in [5, 5.41) is 11.0. The fraction of sp³-hybridized carbons (Fsp3) is 0.375. The van der Waals surface area contributed by atoms with Gasteiger partial charge in [0.1, 0.15) is 6.61 Å². The highest BCUT2D eigenvalue weighted by Crippen LogP contribution is 2.29. The van der Waals surface area contributed by atoms with Gasteiger partial charge in [-0.1, -0.05) is 0 Å². The minimum absolute atomic E-state index is 0.0382. The molecular weight excluding hydrogens is 350 g/mol. The average Bonchev–Trinajstić information content (AvgIpc) is 3.30. The lowest BCUT2D eigenvalue weighted by atomic mass is 10.1. The third-order valence-corrected chi connectivity index (χ3v) is 4.15. The van der Waals surface area contributed by atoms with Gasteiger partial charge in [-0.15, -0.1) is 0 Å². The van der Waals surface area contributed by atoms with Gasteiger partial charge in [-0.05, 0) is 18.9 Å². The zero-order valence-electron chi connectivity index (χ0n) is 13.7. The van der Waals surface area contributed by atoms with Gasteiger partial charge in [0, 0.05) is 37.6 Å². The molecule has 1 aliphatic heterocycles. The van der Waals surface area contributed by atoms with Crippen molar-refractivity contribution in [2.45, 2.75) is 26.0 Å². The number of nitro benzene ring substituents is 1. The number of esters is 1. The number of nitro groups is 1. The summed E-state index contributed by atoms with van der Waals surface area (Å²) in [4.78, 5) is 28.6. The second-order valence-electron chi connectivity index (χ2n) is 5.76. The highest BCUT2D eigenvalue weighted by atomic mass is 19.3. The summed E-state index contributed by atoms with van der Waals surface area (Å²) < 4.78 is 31.3. The molecule has 2 aromatic rings. The van der Waals surface area contributed by atoms with E-state index in [0.29, 0.717) is 10.3 Å². The molecule has 2 heterocycles. The second kappa shape index (κ2) is 7.46. The molecular formula is C16H16F2N4O4. The molecule has 0 radical (unpaired) electrons. The molecule has 0 bridgehead atoms. The number of nitrogens with zero attached hydrogens (tertiary/aromatic N) is 4. The fourth-order valence-corrected chi connectivity index (χ4v) is 2.88. The van der Waals surface area contributed by atoms with Gasteiger partial charge in [0.2, 0.25) is 0 Å². The van der Waals surface area contributed by atoms with Gasteiger partial charge in [0.05, 0.1) is 16.2 Å². The second-order valence-corrected chi connectivity index (χ2v) is 5.76. The molecule has 0 unspecified atom stereocenters. The first kappa shape index (κ1) is 17.8. The van der Waals surface area contributed by atoms with E-state index in [-0.39, 0.29) is 17.1 Å². The molecule has 1 fully saturated rings. The smallest absolute Gasteiger partial charge is 0.340 e. The van der Waals surface area contributed by atoms with Crippen molar-refractivity contribution in [2.75, 3.05) is 18.0 Å². The standard InChI is InChI=1S/C16H16F2N4O4/c17-16(18)21-8-5-19-14(21)10-26-15(23)12-9-11(22(24)25)3-4-13(12)20-6-1-2-7-20/h3-5,8-9,16H,1-2,6-7,10H2. The van der Waals surface area contributed by atoms with Gasteiger partial charge in [-0.25, -0.2) is 9.78 Å². The number of aromatic nitrogens is 2. The highest BCUT2D eigenvalue weighted by Gasteiger charge is 2.24. The van der Waals surface area contributed by atoms with E-state index >= 15 is 0 Å². The Morgan fingerprint density at radius 1 is 1.35 bits per heavy atom. The molecule has 138 valence electrons. The Labute approximate surface area is 147 Å². The van der Waals surface area contributed by atoms with E-state index in [0.717, 1.165) is 38.2 Å². The van der Waals surface area contributed by atoms with E-state index in [1.165, 1.54) is 18.3 Å². The van der Waals surface area contributed by atoms with E-state index in [9.17, 15) is 23.7 Å². The molecule has 1 aromatic heterocycles. The van der Waals surface area contributed by atoms with Crippen LogP contribution in [0.1, 0.15) is 35.6 Å². The Balaban J connectivity index is 1.83. The van der Waals surface area contributed by atoms with Crippen molar-refractivity contribution < 1.29 is 23.2 Å². The number of carbonyl (C=O) groups is 1. The maximum atomic E-state index is 12.8. The van der Waals surface area contributed by atoms with Crippen LogP contribution in [0.5, 0.6) is 0 Å². The van der Waals surface area contributed by atoms with Crippen molar-refractivity contribution in [3.63, 3.8) is 0 Å². The summed E-state index contributed by atoms with van der Waals surface area (Å²) in [5.74, 6) is -0.930. The summed E-state index contributed by atoms with van der Waals surface area (Å²) in [6, 6.07) is 3.99. The molecule has 0 atom stereocenters. The number of hydrogen-bond donors (Lipinski definition) is 0. The van der Waals surface area contributed by atoms with E-state index in [1.807, 2.05) is 4.90 Å². The van der Waals surface area contributed by atoms with Crippen LogP contribution in [0.15, 0.2) is 30.6 Å². The van der Waals surface area contributed by atoms with Crippen LogP contribution in [0, 0.1) is 10.1 Å². The van der Waals surface area contributed by atoms with Gasteiger partial charge in [-0.2, -0.15) is 8.78 Å². The number of benzene rings is 1. The SMILES string of the molecule is O=C(OCc1nccn1C(F)F)c1cc([N+](=O)[O-])ccc1N1CCCC1. The minimum Gasteiger partial charge on any atom is -0.454 e. The van der Waals surface area contributed by atoms with Gasteiger partial charge < -0.3 is 9.64 Å². The van der Waals surface area contributed by atoms with Gasteiger partial charge in [-0.3, -0.25) is 14.7 Å². The minimum atomic E-state index is -2.80. The Morgan fingerprint density at radius 3 is 2.73 bits per heavy atom. The number of halogens is 2. The topological polar surface area (TPSA) is 90.5 Å². The molecule has 0 spiro atoms. The Morgan fingerprint density at radius 2 is 2.08 bits per heavy atom. The van der Waals surface area contributed by atoms with E-state index in [1.54, 1.807) is 0 Å². The van der Waals surface area contributed by atoms with E-state index in [4.69, 9.17) is 4.74 Å². The largest absolute Gasteiger partial charge is 0.454 e. The van der Waals surface area contributed by atoms with Gasteiger partial charge >= 0.3 is 12.5 Å². The third kappa shape index (κ3) is 3.63. The molecule has 0 aliphatic carbocycles. The number of carbonyl (C=O) groups excluding carboxylic acids is 1. The van der Waals surface area contributed by atoms with Crippen molar-refractivity contribution in [2.24, 2.45) is 0 Å². The number of hydrogen-bond acceptors (Lipinski definition) is 6. The fourth-order valence-electron chi connectivity index (χ4n) is 2.88. The van der Waals surface area contributed by atoms with Crippen molar-refractivity contribution in [1.82, 2.24) is 9.55 Å². The number of alkyl halides is 2. The van der Waals surface area contributed by atoms with Crippen LogP contribution in [0.3, 0.4) is 0 Å². The maximum absolute atomic E-state index is 12.8. The summed E-state index contributed by atoms with van der Waals surface area (Å²) in [5.41, 5.74) is 0.334. The number of anilines is 1. The molecule has 26 heavy (non-hydrogen) atoms. The molecule has 10 heteroatoms. The lowest BCUT2D eigenvalue weighted by Gasteiger charge is -2.20. The predicted molar refractivity (Wildman–Crippen MR) is 87.1 cm³/mol. The first-order valence-corrected chi connectivity index (χ1v) is 7.97. The molecule has 8 nitrogen and oxygen atoms in total. The Bertz CT molecular complexity index is 818. The average molecular weight is 366 g/mol. The Kier molecular flexibility index (Phi) is 5.10. The zero-order chi connectivity index (χ0) is 18.7. The van der Waals surface area contributed by atoms with Crippen LogP contribution in [0.4, 0.5) is 20.2 Å². The maximum Gasteiger partial charge on any atom is 0.340 e. The van der Waals surface area contributed by atoms with E-state index < -0.39 is 24.0 Å². The monoisotopic (exact) mass is 366 g/mol. The van der Waals surface area contributed by atoms with Crippen molar-refractivity contribution in [1.29, 1.82) is 0 Å². The zero-order valence-corrected chi connectivity index (χ0v) is 13.7. The molecule has 1 aliphatic rings. The lowest BCUT2D eigenvalue weighted by molar-refractivity contribution is -0.384. The first-order chi connectivity index (χ1) is 12.5. The number of non-ortho nitro benzene ring substituents is 1. The third-order valence-electron chi connectivity index (χ3n) is 4.15. The van der Waals surface area contributed by atoms with Gasteiger partial charge in [0.15, 0.2) is 5.82 Å². The Hall–Kier alpha value is -3.04. The van der Waals surface area contributed by atoms with Crippen LogP contribution in [-0.4, -0.2) is 33.5 Å². The van der Waals surface area contributed by atoms with E-state index in [2.05, 4.69) is 4.98 Å². The molecule has 0 amide bonds.